The van der Waals surface area contributed by atoms with Gasteiger partial charge < -0.3 is 10.1 Å². The van der Waals surface area contributed by atoms with E-state index in [2.05, 4.69) is 4.98 Å². The van der Waals surface area contributed by atoms with Gasteiger partial charge >= 0.3 is 5.82 Å². The molecule has 0 unspecified atom stereocenters. The molecular formula is C7H11N3O2. The molecule has 0 saturated heterocycles. The third-order valence-corrected chi connectivity index (χ3v) is 1.67. The van der Waals surface area contributed by atoms with Crippen LogP contribution >= 0.6 is 0 Å². The van der Waals surface area contributed by atoms with Gasteiger partial charge in [0, 0.05) is 0 Å². The highest BCUT2D eigenvalue weighted by molar-refractivity contribution is 5.26. The summed E-state index contributed by atoms with van der Waals surface area (Å²) < 4.78 is 1.55. The molecule has 0 fully saturated rings. The Bertz CT molecular complexity index is 304. The molecular weight excluding hydrogens is 158 g/mol. The van der Waals surface area contributed by atoms with E-state index in [1.807, 2.05) is 13.8 Å². The average molecular weight is 169 g/mol. The van der Waals surface area contributed by atoms with Crippen LogP contribution in [-0.2, 0) is 0 Å². The van der Waals surface area contributed by atoms with Gasteiger partial charge in [-0.3, -0.25) is 0 Å². The van der Waals surface area contributed by atoms with E-state index in [1.165, 1.54) is 6.33 Å². The fraction of sp³-hybridized carbons (Fsp3) is 0.571. The Hall–Kier alpha value is -1.39. The fourth-order valence-corrected chi connectivity index (χ4v) is 1.05. The molecule has 0 atom stereocenters. The molecule has 0 N–H and O–H groups in total. The van der Waals surface area contributed by atoms with Crippen LogP contribution in [0.1, 0.15) is 25.6 Å². The molecule has 1 aromatic rings. The second kappa shape index (κ2) is 2.92. The second-order valence-corrected chi connectivity index (χ2v) is 2.91. The summed E-state index contributed by atoms with van der Waals surface area (Å²) in [5.74, 6) is 0.0880. The van der Waals surface area contributed by atoms with Gasteiger partial charge in [-0.1, -0.05) is 0 Å². The number of hydrogen-bond donors (Lipinski definition) is 0. The zero-order valence-corrected chi connectivity index (χ0v) is 7.31. The van der Waals surface area contributed by atoms with Gasteiger partial charge in [0.25, 0.3) is 0 Å². The van der Waals surface area contributed by atoms with Gasteiger partial charge in [-0.2, -0.15) is 0 Å². The van der Waals surface area contributed by atoms with Crippen molar-refractivity contribution in [2.24, 2.45) is 0 Å². The van der Waals surface area contributed by atoms with Gasteiger partial charge in [0.05, 0.1) is 6.04 Å². The first-order valence-electron chi connectivity index (χ1n) is 3.72. The lowest BCUT2D eigenvalue weighted by Gasteiger charge is -2.03. The maximum Gasteiger partial charge on any atom is 0.345 e. The lowest BCUT2D eigenvalue weighted by atomic mass is 10.4. The van der Waals surface area contributed by atoms with Crippen LogP contribution in [0.3, 0.4) is 0 Å². The Labute approximate surface area is 70.2 Å². The summed E-state index contributed by atoms with van der Waals surface area (Å²) in [4.78, 5) is 14.0. The van der Waals surface area contributed by atoms with Gasteiger partial charge in [0.2, 0.25) is 0 Å². The summed E-state index contributed by atoms with van der Waals surface area (Å²) in [6.07, 6.45) is 1.50. The third-order valence-electron chi connectivity index (χ3n) is 1.67. The van der Waals surface area contributed by atoms with Crippen LogP contribution < -0.4 is 0 Å². The molecule has 5 heteroatoms. The van der Waals surface area contributed by atoms with E-state index in [-0.39, 0.29) is 11.9 Å². The first-order valence-corrected chi connectivity index (χ1v) is 3.72. The first kappa shape index (κ1) is 8.70. The van der Waals surface area contributed by atoms with Gasteiger partial charge in [0.15, 0.2) is 6.33 Å². The quantitative estimate of drug-likeness (QED) is 0.499. The van der Waals surface area contributed by atoms with Crippen LogP contribution in [0.2, 0.25) is 0 Å². The zero-order valence-electron chi connectivity index (χ0n) is 7.31. The van der Waals surface area contributed by atoms with Gasteiger partial charge in [-0.05, 0) is 25.7 Å². The summed E-state index contributed by atoms with van der Waals surface area (Å²) in [5.41, 5.74) is 0.466. The molecule has 5 nitrogen and oxygen atoms in total. The number of nitrogens with zero attached hydrogens (tertiary/aromatic N) is 3. The SMILES string of the molecule is Cc1ncn(C(C)C)c1[N+](=O)[O-]. The Morgan fingerprint density at radius 3 is 2.58 bits per heavy atom. The van der Waals surface area contributed by atoms with Crippen molar-refractivity contribution in [3.8, 4) is 0 Å². The molecule has 1 heterocycles. The average Bonchev–Trinajstić information content (AvgIpc) is 2.30. The smallest absolute Gasteiger partial charge is 0.345 e. The summed E-state index contributed by atoms with van der Waals surface area (Å²) >= 11 is 0. The van der Waals surface area contributed by atoms with Crippen molar-refractivity contribution in [1.82, 2.24) is 9.55 Å². The highest BCUT2D eigenvalue weighted by Crippen LogP contribution is 2.20. The third kappa shape index (κ3) is 1.30. The Morgan fingerprint density at radius 1 is 1.67 bits per heavy atom. The zero-order chi connectivity index (χ0) is 9.30. The molecule has 1 rings (SSSR count). The summed E-state index contributed by atoms with van der Waals surface area (Å²) in [6, 6.07) is 0.0756. The number of hydrogen-bond acceptors (Lipinski definition) is 3. The van der Waals surface area contributed by atoms with Crippen molar-refractivity contribution in [2.45, 2.75) is 26.8 Å². The molecule has 0 aliphatic rings. The van der Waals surface area contributed by atoms with Crippen LogP contribution in [0.5, 0.6) is 0 Å². The van der Waals surface area contributed by atoms with Crippen LogP contribution in [0, 0.1) is 17.0 Å². The highest BCUT2D eigenvalue weighted by Gasteiger charge is 2.19. The van der Waals surface area contributed by atoms with Crippen molar-refractivity contribution < 1.29 is 4.92 Å². The van der Waals surface area contributed by atoms with E-state index < -0.39 is 4.92 Å². The van der Waals surface area contributed by atoms with E-state index in [1.54, 1.807) is 11.5 Å². The molecule has 0 amide bonds. The first-order chi connectivity index (χ1) is 5.54. The number of rotatable bonds is 2. The van der Waals surface area contributed by atoms with Crippen LogP contribution in [0.15, 0.2) is 6.33 Å². The van der Waals surface area contributed by atoms with Crippen molar-refractivity contribution in [3.05, 3.63) is 22.1 Å². The molecule has 12 heavy (non-hydrogen) atoms. The fourth-order valence-electron chi connectivity index (χ4n) is 1.05. The maximum absolute atomic E-state index is 10.6. The van der Waals surface area contributed by atoms with Crippen LogP contribution in [0.25, 0.3) is 0 Å². The number of nitro groups is 1. The Kier molecular flexibility index (Phi) is 2.12. The molecule has 0 spiro atoms. The molecule has 66 valence electrons. The van der Waals surface area contributed by atoms with Crippen LogP contribution in [0.4, 0.5) is 5.82 Å². The minimum Gasteiger partial charge on any atom is -0.358 e. The van der Waals surface area contributed by atoms with Crippen molar-refractivity contribution in [1.29, 1.82) is 0 Å². The second-order valence-electron chi connectivity index (χ2n) is 2.91. The summed E-state index contributed by atoms with van der Waals surface area (Å²) in [5, 5.41) is 10.6. The lowest BCUT2D eigenvalue weighted by molar-refractivity contribution is -0.393. The molecule has 0 aliphatic heterocycles. The Balaban J connectivity index is 3.21. The monoisotopic (exact) mass is 169 g/mol. The molecule has 0 saturated carbocycles. The van der Waals surface area contributed by atoms with Crippen molar-refractivity contribution in [3.63, 3.8) is 0 Å². The van der Waals surface area contributed by atoms with E-state index >= 15 is 0 Å². The molecule has 0 bridgehead atoms. The highest BCUT2D eigenvalue weighted by atomic mass is 16.6. The molecule has 0 aliphatic carbocycles. The predicted octanol–water partition coefficient (Wildman–Crippen LogP) is 1.68. The molecule has 1 aromatic heterocycles. The standard InChI is InChI=1S/C7H11N3O2/c1-5(2)9-4-8-6(3)7(9)10(11)12/h4-5H,1-3H3. The topological polar surface area (TPSA) is 61.0 Å². The number of imidazole rings is 1. The molecule has 0 radical (unpaired) electrons. The van der Waals surface area contributed by atoms with Crippen molar-refractivity contribution >= 4 is 5.82 Å². The summed E-state index contributed by atoms with van der Waals surface area (Å²) in [7, 11) is 0. The maximum atomic E-state index is 10.6. The van der Waals surface area contributed by atoms with Gasteiger partial charge in [0.1, 0.15) is 5.69 Å². The minimum atomic E-state index is -0.400. The lowest BCUT2D eigenvalue weighted by Crippen LogP contribution is -2.04. The minimum absolute atomic E-state index is 0.0756. The van der Waals surface area contributed by atoms with Gasteiger partial charge in [-0.15, -0.1) is 0 Å². The Morgan fingerprint density at radius 2 is 2.25 bits per heavy atom. The number of aryl methyl sites for hydroxylation is 1. The van der Waals surface area contributed by atoms with E-state index in [0.29, 0.717) is 5.69 Å². The predicted molar refractivity (Wildman–Crippen MR) is 44.0 cm³/mol. The number of aromatic nitrogens is 2. The van der Waals surface area contributed by atoms with Crippen LogP contribution in [-0.4, -0.2) is 14.5 Å². The van der Waals surface area contributed by atoms with E-state index in [9.17, 15) is 10.1 Å². The van der Waals surface area contributed by atoms with E-state index in [4.69, 9.17) is 0 Å². The largest absolute Gasteiger partial charge is 0.358 e. The molecule has 0 aromatic carbocycles. The normalized spacial score (nSPS) is 10.7. The van der Waals surface area contributed by atoms with Gasteiger partial charge in [-0.25, -0.2) is 9.55 Å². The van der Waals surface area contributed by atoms with E-state index in [0.717, 1.165) is 0 Å². The van der Waals surface area contributed by atoms with Crippen molar-refractivity contribution in [2.75, 3.05) is 0 Å². The summed E-state index contributed by atoms with van der Waals surface area (Å²) in [6.45, 7) is 5.40.